The molecule has 3 aromatic rings. The Kier molecular flexibility index (Phi) is 6.96. The number of allylic oxidation sites excluding steroid dienone is 1. The van der Waals surface area contributed by atoms with Crippen LogP contribution in [0.1, 0.15) is 27.0 Å². The van der Waals surface area contributed by atoms with Crippen LogP contribution in [0.3, 0.4) is 0 Å². The number of aromatic amines is 1. The fourth-order valence-electron chi connectivity index (χ4n) is 4.06. The average molecular weight is 462 g/mol. The van der Waals surface area contributed by atoms with Crippen molar-refractivity contribution in [1.82, 2.24) is 15.2 Å². The Morgan fingerprint density at radius 1 is 1.16 bits per heavy atom. The smallest absolute Gasteiger partial charge is 0.231 e. The van der Waals surface area contributed by atoms with Crippen molar-refractivity contribution in [3.8, 4) is 11.5 Å². The van der Waals surface area contributed by atoms with Crippen LogP contribution in [-0.4, -0.2) is 47.0 Å². The summed E-state index contributed by atoms with van der Waals surface area (Å²) in [6.45, 7) is 6.23. The van der Waals surface area contributed by atoms with Gasteiger partial charge in [-0.25, -0.2) is 0 Å². The molecule has 1 fully saturated rings. The number of hydrogen-bond acceptors (Lipinski definition) is 5. The van der Waals surface area contributed by atoms with E-state index >= 15 is 0 Å². The monoisotopic (exact) mass is 461 g/mol. The van der Waals surface area contributed by atoms with Gasteiger partial charge in [0.2, 0.25) is 5.78 Å². The third kappa shape index (κ3) is 4.29. The highest BCUT2D eigenvalue weighted by Gasteiger charge is 2.32. The number of carbonyl (C=O) groups is 1. The second-order valence-electron chi connectivity index (χ2n) is 7.70. The first-order valence-corrected chi connectivity index (χ1v) is 9.90. The van der Waals surface area contributed by atoms with Gasteiger partial charge in [0.1, 0.15) is 11.5 Å². The molecule has 31 heavy (non-hydrogen) atoms. The number of piperazine rings is 1. The highest BCUT2D eigenvalue weighted by atomic mass is 35.5. The van der Waals surface area contributed by atoms with Gasteiger partial charge < -0.3 is 20.1 Å². The van der Waals surface area contributed by atoms with E-state index < -0.39 is 0 Å². The zero-order chi connectivity index (χ0) is 20.0. The lowest BCUT2D eigenvalue weighted by Gasteiger charge is -2.27. The van der Waals surface area contributed by atoms with Gasteiger partial charge in [-0.1, -0.05) is 11.6 Å². The summed E-state index contributed by atoms with van der Waals surface area (Å²) in [5.74, 6) is 0.785. The molecule has 8 heteroatoms. The van der Waals surface area contributed by atoms with E-state index in [0.717, 1.165) is 48.2 Å². The molecule has 1 saturated heterocycles. The van der Waals surface area contributed by atoms with Crippen molar-refractivity contribution >= 4 is 47.6 Å². The topological polar surface area (TPSA) is 77.6 Å². The van der Waals surface area contributed by atoms with Gasteiger partial charge in [-0.3, -0.25) is 9.69 Å². The lowest BCUT2D eigenvalue weighted by molar-refractivity contribution is 0.101. The maximum Gasteiger partial charge on any atom is 0.231 e. The minimum absolute atomic E-state index is 0. The van der Waals surface area contributed by atoms with Crippen molar-refractivity contribution in [3.05, 3.63) is 64.5 Å². The SMILES string of the molecule is Cc1ccc2[nH]cc(/C=C3\Oc4c(ccc(O)c4CN4CCNCC4)C3=O)c2c1.Cl.Cl. The van der Waals surface area contributed by atoms with Crippen LogP contribution in [0.5, 0.6) is 11.5 Å². The van der Waals surface area contributed by atoms with Gasteiger partial charge in [0.05, 0.1) is 11.1 Å². The minimum atomic E-state index is -0.149. The van der Waals surface area contributed by atoms with Crippen LogP contribution < -0.4 is 10.1 Å². The standard InChI is InChI=1S/C23H23N3O3.2ClH/c1-14-2-4-19-17(10-14)15(12-25-19)11-21-22(28)16-3-5-20(27)18(23(16)29-21)13-26-8-6-24-7-9-26;;/h2-5,10-12,24-25,27H,6-9,13H2,1H3;2*1H/b21-11-;;. The number of ether oxygens (including phenoxy) is 1. The number of rotatable bonds is 3. The number of aromatic nitrogens is 1. The van der Waals surface area contributed by atoms with Gasteiger partial charge in [-0.15, -0.1) is 24.8 Å². The average Bonchev–Trinajstić information content (AvgIpc) is 3.26. The number of phenols is 1. The van der Waals surface area contributed by atoms with Crippen LogP contribution in [0.2, 0.25) is 0 Å². The van der Waals surface area contributed by atoms with Crippen molar-refractivity contribution in [2.24, 2.45) is 0 Å². The molecule has 164 valence electrons. The van der Waals surface area contributed by atoms with E-state index in [1.807, 2.05) is 25.3 Å². The number of hydrogen-bond donors (Lipinski definition) is 3. The molecule has 3 N–H and O–H groups in total. The number of Topliss-reactive ketones (excluding diaryl/α,β-unsaturated/α-hetero) is 1. The molecule has 0 radical (unpaired) electrons. The molecule has 0 amide bonds. The molecule has 5 rings (SSSR count). The number of phenolic OH excluding ortho intramolecular Hbond substituents is 1. The third-order valence-corrected chi connectivity index (χ3v) is 5.66. The highest BCUT2D eigenvalue weighted by Crippen LogP contribution is 2.40. The van der Waals surface area contributed by atoms with E-state index in [0.29, 0.717) is 23.4 Å². The number of nitrogens with zero attached hydrogens (tertiary/aromatic N) is 1. The number of carbonyl (C=O) groups excluding carboxylic acids is 1. The minimum Gasteiger partial charge on any atom is -0.507 e. The lowest BCUT2D eigenvalue weighted by atomic mass is 10.0. The molecule has 0 aliphatic carbocycles. The molecular formula is C23H25Cl2N3O3. The molecule has 0 saturated carbocycles. The second kappa shape index (κ2) is 9.32. The van der Waals surface area contributed by atoms with E-state index in [-0.39, 0.29) is 42.1 Å². The van der Waals surface area contributed by atoms with Gasteiger partial charge in [0, 0.05) is 55.4 Å². The van der Waals surface area contributed by atoms with Gasteiger partial charge in [-0.2, -0.15) is 0 Å². The fourth-order valence-corrected chi connectivity index (χ4v) is 4.06. The maximum absolute atomic E-state index is 13.0. The van der Waals surface area contributed by atoms with E-state index in [4.69, 9.17) is 4.74 Å². The van der Waals surface area contributed by atoms with E-state index in [1.165, 1.54) is 0 Å². The fraction of sp³-hybridized carbons (Fsp3) is 0.261. The van der Waals surface area contributed by atoms with Crippen molar-refractivity contribution in [2.45, 2.75) is 13.5 Å². The molecule has 0 atom stereocenters. The normalized spacial score (nSPS) is 17.2. The van der Waals surface area contributed by atoms with Crippen LogP contribution in [0, 0.1) is 6.92 Å². The summed E-state index contributed by atoms with van der Waals surface area (Å²) in [7, 11) is 0. The molecule has 0 bridgehead atoms. The van der Waals surface area contributed by atoms with Crippen LogP contribution in [0.25, 0.3) is 17.0 Å². The summed E-state index contributed by atoms with van der Waals surface area (Å²) in [6, 6.07) is 9.41. The Morgan fingerprint density at radius 3 is 2.71 bits per heavy atom. The zero-order valence-electron chi connectivity index (χ0n) is 17.1. The molecule has 0 spiro atoms. The van der Waals surface area contributed by atoms with Gasteiger partial charge >= 0.3 is 0 Å². The third-order valence-electron chi connectivity index (χ3n) is 5.66. The number of fused-ring (bicyclic) bond motifs is 2. The Balaban J connectivity index is 0.00000136. The summed E-state index contributed by atoms with van der Waals surface area (Å²) in [5, 5.41) is 14.8. The van der Waals surface area contributed by atoms with Crippen molar-refractivity contribution < 1.29 is 14.6 Å². The van der Waals surface area contributed by atoms with E-state index in [9.17, 15) is 9.90 Å². The van der Waals surface area contributed by atoms with Crippen molar-refractivity contribution in [1.29, 1.82) is 0 Å². The Bertz CT molecular complexity index is 1150. The molecule has 2 aromatic carbocycles. The zero-order valence-corrected chi connectivity index (χ0v) is 18.7. The summed E-state index contributed by atoms with van der Waals surface area (Å²) in [5.41, 5.74) is 4.27. The first-order chi connectivity index (χ1) is 14.1. The summed E-state index contributed by atoms with van der Waals surface area (Å²) in [6.07, 6.45) is 3.67. The number of benzene rings is 2. The first kappa shape index (κ1) is 23.2. The molecule has 0 unspecified atom stereocenters. The molecular weight excluding hydrogens is 437 g/mol. The van der Waals surface area contributed by atoms with Crippen LogP contribution in [-0.2, 0) is 6.54 Å². The van der Waals surface area contributed by atoms with E-state index in [1.54, 1.807) is 18.2 Å². The van der Waals surface area contributed by atoms with Crippen LogP contribution >= 0.6 is 24.8 Å². The predicted molar refractivity (Wildman–Crippen MR) is 127 cm³/mol. The molecule has 3 heterocycles. The molecule has 1 aromatic heterocycles. The number of aromatic hydroxyl groups is 1. The Hall–Kier alpha value is -2.51. The largest absolute Gasteiger partial charge is 0.507 e. The Morgan fingerprint density at radius 2 is 1.94 bits per heavy atom. The number of nitrogens with one attached hydrogen (secondary N) is 2. The van der Waals surface area contributed by atoms with Crippen molar-refractivity contribution in [3.63, 3.8) is 0 Å². The van der Waals surface area contributed by atoms with E-state index in [2.05, 4.69) is 21.3 Å². The van der Waals surface area contributed by atoms with Gasteiger partial charge in [0.15, 0.2) is 5.76 Å². The quantitative estimate of drug-likeness (QED) is 0.512. The van der Waals surface area contributed by atoms with Gasteiger partial charge in [-0.05, 0) is 37.3 Å². The maximum atomic E-state index is 13.0. The second-order valence-corrected chi connectivity index (χ2v) is 7.70. The first-order valence-electron chi connectivity index (χ1n) is 9.90. The highest BCUT2D eigenvalue weighted by molar-refractivity contribution is 6.15. The Labute approximate surface area is 193 Å². The molecule has 2 aliphatic heterocycles. The molecule has 6 nitrogen and oxygen atoms in total. The van der Waals surface area contributed by atoms with Crippen LogP contribution in [0.15, 0.2) is 42.3 Å². The summed E-state index contributed by atoms with van der Waals surface area (Å²) >= 11 is 0. The summed E-state index contributed by atoms with van der Waals surface area (Å²) < 4.78 is 6.02. The number of ketones is 1. The van der Waals surface area contributed by atoms with Gasteiger partial charge in [0.25, 0.3) is 0 Å². The van der Waals surface area contributed by atoms with Crippen LogP contribution in [0.4, 0.5) is 0 Å². The number of aryl methyl sites for hydroxylation is 1. The number of halogens is 2. The number of H-pyrrole nitrogens is 1. The lowest BCUT2D eigenvalue weighted by Crippen LogP contribution is -2.42. The predicted octanol–water partition coefficient (Wildman–Crippen LogP) is 4.05. The summed E-state index contributed by atoms with van der Waals surface area (Å²) in [4.78, 5) is 18.5. The van der Waals surface area contributed by atoms with Crippen molar-refractivity contribution in [2.75, 3.05) is 26.2 Å². The molecule has 2 aliphatic rings.